The molecule has 23 heavy (non-hydrogen) atoms. The van der Waals surface area contributed by atoms with Gasteiger partial charge in [-0.3, -0.25) is 13.9 Å². The average molecular weight is 374 g/mol. The Bertz CT molecular complexity index is 632. The van der Waals surface area contributed by atoms with Crippen molar-refractivity contribution in [2.45, 2.75) is 32.1 Å². The fourth-order valence-electron chi connectivity index (χ4n) is 1.87. The largest absolute Gasteiger partial charge is 0.481 e. The van der Waals surface area contributed by atoms with E-state index >= 15 is 0 Å². The van der Waals surface area contributed by atoms with E-state index in [1.165, 1.54) is 0 Å². The van der Waals surface area contributed by atoms with Gasteiger partial charge in [0.2, 0.25) is 0 Å². The van der Waals surface area contributed by atoms with Crippen molar-refractivity contribution < 1.29 is 45.7 Å². The van der Waals surface area contributed by atoms with Gasteiger partial charge in [-0.05, 0) is 25.7 Å². The number of aliphatic carboxylic acids is 2. The maximum atomic E-state index is 11.1. The van der Waals surface area contributed by atoms with Gasteiger partial charge < -0.3 is 10.2 Å². The first kappa shape index (κ1) is 21.5. The summed E-state index contributed by atoms with van der Waals surface area (Å²) < 4.78 is 59.9. The van der Waals surface area contributed by atoms with Gasteiger partial charge in [0.1, 0.15) is 0 Å². The highest BCUT2D eigenvalue weighted by Crippen LogP contribution is 2.21. The summed E-state index contributed by atoms with van der Waals surface area (Å²) in [5.74, 6) is -4.21. The first-order chi connectivity index (χ1) is 10.3. The summed E-state index contributed by atoms with van der Waals surface area (Å²) in [6.45, 7) is 0. The summed E-state index contributed by atoms with van der Waals surface area (Å²) in [6, 6.07) is 0. The second kappa shape index (κ2) is 8.96. The van der Waals surface area contributed by atoms with E-state index in [1.54, 1.807) is 0 Å². The van der Waals surface area contributed by atoms with Crippen LogP contribution in [-0.2, 0) is 29.8 Å². The first-order valence-electron chi connectivity index (χ1n) is 6.38. The minimum atomic E-state index is -4.25. The number of carboxylic acids is 2. The van der Waals surface area contributed by atoms with Gasteiger partial charge >= 0.3 is 11.9 Å². The van der Waals surface area contributed by atoms with E-state index in [2.05, 4.69) is 0 Å². The number of carboxylic acid groups (broad SMARTS) is 2. The van der Waals surface area contributed by atoms with E-state index in [4.69, 9.17) is 19.3 Å². The molecular weight excluding hydrogens is 356 g/mol. The lowest BCUT2D eigenvalue weighted by Gasteiger charge is -2.11. The summed E-state index contributed by atoms with van der Waals surface area (Å²) in [4.78, 5) is 21.9. The van der Waals surface area contributed by atoms with Crippen LogP contribution in [0.25, 0.3) is 0 Å². The van der Waals surface area contributed by atoms with Gasteiger partial charge in [-0.2, -0.15) is 16.8 Å². The predicted octanol–water partition coefficient (Wildman–Crippen LogP) is 0.178. The van der Waals surface area contributed by atoms with Crippen molar-refractivity contribution in [3.05, 3.63) is 11.1 Å². The zero-order valence-electron chi connectivity index (χ0n) is 12.0. The van der Waals surface area contributed by atoms with Crippen LogP contribution in [0, 0.1) is 0 Å². The molecule has 0 saturated carbocycles. The van der Waals surface area contributed by atoms with Crippen molar-refractivity contribution in [3.63, 3.8) is 0 Å². The monoisotopic (exact) mass is 374 g/mol. The fraction of sp³-hybridized carbons (Fsp3) is 0.636. The van der Waals surface area contributed by atoms with E-state index in [0.29, 0.717) is 0 Å². The second-order valence-electron chi connectivity index (χ2n) is 4.74. The molecule has 4 N–H and O–H groups in total. The maximum Gasteiger partial charge on any atom is 0.332 e. The molecule has 0 aromatic heterocycles. The van der Waals surface area contributed by atoms with E-state index in [-0.39, 0.29) is 31.3 Å². The lowest BCUT2D eigenvalue weighted by molar-refractivity contribution is -0.139. The Balaban J connectivity index is 5.22. The highest BCUT2D eigenvalue weighted by Gasteiger charge is 2.19. The van der Waals surface area contributed by atoms with Crippen LogP contribution >= 0.6 is 0 Å². The van der Waals surface area contributed by atoms with E-state index in [1.807, 2.05) is 0 Å². The molecule has 0 saturated heterocycles. The topological polar surface area (TPSA) is 183 Å². The fourth-order valence-corrected chi connectivity index (χ4v) is 2.88. The van der Waals surface area contributed by atoms with Crippen LogP contribution in [0.4, 0.5) is 0 Å². The molecule has 0 bridgehead atoms. The Morgan fingerprint density at radius 3 is 1.43 bits per heavy atom. The van der Waals surface area contributed by atoms with Crippen LogP contribution in [0.1, 0.15) is 32.1 Å². The SMILES string of the molecule is O=C(O)CC(C(=O)O)=C(CCCS(=O)(=O)O)CCCS(=O)(=O)O. The number of carbonyl (C=O) groups is 2. The van der Waals surface area contributed by atoms with Crippen LogP contribution in [-0.4, -0.2) is 59.6 Å². The third-order valence-corrected chi connectivity index (χ3v) is 4.38. The zero-order valence-corrected chi connectivity index (χ0v) is 13.6. The van der Waals surface area contributed by atoms with E-state index < -0.39 is 55.7 Å². The van der Waals surface area contributed by atoms with Crippen molar-refractivity contribution in [3.8, 4) is 0 Å². The smallest absolute Gasteiger partial charge is 0.332 e. The van der Waals surface area contributed by atoms with Crippen LogP contribution in [0.5, 0.6) is 0 Å². The molecule has 0 aliphatic carbocycles. The summed E-state index contributed by atoms with van der Waals surface area (Å²) >= 11 is 0. The third-order valence-electron chi connectivity index (χ3n) is 2.77. The molecule has 0 aromatic carbocycles. The Labute approximate surface area is 133 Å². The van der Waals surface area contributed by atoms with Gasteiger partial charge in [0.15, 0.2) is 0 Å². The number of hydrogen-bond acceptors (Lipinski definition) is 6. The van der Waals surface area contributed by atoms with Gasteiger partial charge in [-0.25, -0.2) is 4.79 Å². The van der Waals surface area contributed by atoms with Crippen molar-refractivity contribution in [1.82, 2.24) is 0 Å². The molecule has 0 spiro atoms. The minimum absolute atomic E-state index is 0.0622. The molecule has 0 heterocycles. The maximum absolute atomic E-state index is 11.1. The summed E-state index contributed by atoms with van der Waals surface area (Å²) in [5.41, 5.74) is -0.407. The van der Waals surface area contributed by atoms with Crippen molar-refractivity contribution >= 4 is 32.2 Å². The van der Waals surface area contributed by atoms with Crippen molar-refractivity contribution in [1.29, 1.82) is 0 Å². The van der Waals surface area contributed by atoms with Crippen molar-refractivity contribution in [2.75, 3.05) is 11.5 Å². The molecule has 0 amide bonds. The lowest BCUT2D eigenvalue weighted by Crippen LogP contribution is -2.12. The molecule has 0 rings (SSSR count). The quantitative estimate of drug-likeness (QED) is 0.287. The first-order valence-corrected chi connectivity index (χ1v) is 9.60. The zero-order chi connectivity index (χ0) is 18.3. The molecule has 0 aromatic rings. The van der Waals surface area contributed by atoms with Gasteiger partial charge in [0.25, 0.3) is 20.2 Å². The number of hydrogen-bond donors (Lipinski definition) is 4. The van der Waals surface area contributed by atoms with Crippen molar-refractivity contribution in [2.24, 2.45) is 0 Å². The molecule has 10 nitrogen and oxygen atoms in total. The van der Waals surface area contributed by atoms with Gasteiger partial charge in [0.05, 0.1) is 17.9 Å². The Hall–Kier alpha value is -1.50. The normalized spacial score (nSPS) is 11.9. The number of allylic oxidation sites excluding steroid dienone is 1. The summed E-state index contributed by atoms with van der Waals surface area (Å²) in [6.07, 6.45) is -1.41. The van der Waals surface area contributed by atoms with E-state index in [0.717, 1.165) is 0 Å². The molecule has 0 unspecified atom stereocenters. The lowest BCUT2D eigenvalue weighted by atomic mass is 9.97. The van der Waals surface area contributed by atoms with Crippen LogP contribution < -0.4 is 0 Å². The Morgan fingerprint density at radius 2 is 1.17 bits per heavy atom. The van der Waals surface area contributed by atoms with Crippen LogP contribution in [0.2, 0.25) is 0 Å². The highest BCUT2D eigenvalue weighted by atomic mass is 32.2. The summed E-state index contributed by atoms with van der Waals surface area (Å²) in [5, 5.41) is 17.8. The third kappa shape index (κ3) is 11.7. The molecule has 0 fully saturated rings. The molecule has 0 atom stereocenters. The highest BCUT2D eigenvalue weighted by molar-refractivity contribution is 7.86. The Morgan fingerprint density at radius 1 is 0.783 bits per heavy atom. The molecule has 0 aliphatic rings. The van der Waals surface area contributed by atoms with Crippen LogP contribution in [0.3, 0.4) is 0 Å². The van der Waals surface area contributed by atoms with Gasteiger partial charge in [-0.1, -0.05) is 5.57 Å². The Kier molecular flexibility index (Phi) is 8.37. The minimum Gasteiger partial charge on any atom is -0.481 e. The van der Waals surface area contributed by atoms with Crippen LogP contribution in [0.15, 0.2) is 11.1 Å². The summed E-state index contributed by atoms with van der Waals surface area (Å²) in [7, 11) is -8.51. The molecular formula is C11H18O10S2. The number of rotatable bonds is 11. The standard InChI is InChI=1S/C11H18O10S2/c12-10(13)7-9(11(14)15)8(3-1-5-22(16,17)18)4-2-6-23(19,20)21/h1-7H2,(H,12,13)(H,14,15)(H,16,17,18)(H,19,20,21). The molecule has 0 radical (unpaired) electrons. The second-order valence-corrected chi connectivity index (χ2v) is 7.88. The predicted molar refractivity (Wildman–Crippen MR) is 78.2 cm³/mol. The average Bonchev–Trinajstić information content (AvgIpc) is 2.30. The van der Waals surface area contributed by atoms with E-state index in [9.17, 15) is 26.4 Å². The molecule has 0 aliphatic heterocycles. The molecule has 12 heteroatoms. The van der Waals surface area contributed by atoms with Gasteiger partial charge in [0, 0.05) is 5.57 Å². The molecule has 134 valence electrons. The van der Waals surface area contributed by atoms with Gasteiger partial charge in [-0.15, -0.1) is 0 Å².